The van der Waals surface area contributed by atoms with Gasteiger partial charge in [-0.3, -0.25) is 4.79 Å². The molecular formula is C22H23ClN4O4S. The predicted molar refractivity (Wildman–Crippen MR) is 120 cm³/mol. The van der Waals surface area contributed by atoms with Crippen LogP contribution < -0.4 is 4.72 Å². The van der Waals surface area contributed by atoms with Crippen LogP contribution in [0.25, 0.3) is 11.5 Å². The monoisotopic (exact) mass is 474 g/mol. The lowest BCUT2D eigenvalue weighted by atomic mass is 10.2. The Morgan fingerprint density at radius 2 is 1.97 bits per heavy atom. The van der Waals surface area contributed by atoms with Crippen LogP contribution in [0.3, 0.4) is 0 Å². The van der Waals surface area contributed by atoms with E-state index in [1.54, 1.807) is 35.2 Å². The molecule has 8 nitrogen and oxygen atoms in total. The van der Waals surface area contributed by atoms with Crippen LogP contribution >= 0.6 is 11.6 Å². The van der Waals surface area contributed by atoms with Gasteiger partial charge < -0.3 is 9.32 Å². The third kappa shape index (κ3) is 5.17. The van der Waals surface area contributed by atoms with E-state index < -0.39 is 10.0 Å². The van der Waals surface area contributed by atoms with Crippen LogP contribution in [0.5, 0.6) is 0 Å². The summed E-state index contributed by atoms with van der Waals surface area (Å²) in [6.45, 7) is 2.49. The van der Waals surface area contributed by atoms with Crippen molar-refractivity contribution < 1.29 is 17.6 Å². The SMILES string of the molecule is CCCN(Cc1nnc(-c2ccccc2Cl)o1)C(=O)c1cccc(S(=O)(=O)NC2CC2)c1. The van der Waals surface area contributed by atoms with Gasteiger partial charge in [0, 0.05) is 18.2 Å². The molecule has 168 valence electrons. The molecule has 1 amide bonds. The zero-order valence-electron chi connectivity index (χ0n) is 17.5. The summed E-state index contributed by atoms with van der Waals surface area (Å²) in [5, 5.41) is 8.59. The maximum atomic E-state index is 13.2. The van der Waals surface area contributed by atoms with E-state index in [4.69, 9.17) is 16.0 Å². The minimum Gasteiger partial charge on any atom is -0.419 e. The van der Waals surface area contributed by atoms with Crippen molar-refractivity contribution in [2.75, 3.05) is 6.54 Å². The van der Waals surface area contributed by atoms with Crippen LogP contribution in [0.4, 0.5) is 0 Å². The summed E-state index contributed by atoms with van der Waals surface area (Å²) in [6.07, 6.45) is 2.38. The second-order valence-electron chi connectivity index (χ2n) is 7.63. The summed E-state index contributed by atoms with van der Waals surface area (Å²) < 4.78 is 33.4. The van der Waals surface area contributed by atoms with Gasteiger partial charge in [-0.05, 0) is 49.6 Å². The maximum Gasteiger partial charge on any atom is 0.254 e. The molecule has 10 heteroatoms. The van der Waals surface area contributed by atoms with Gasteiger partial charge in [0.1, 0.15) is 0 Å². The maximum absolute atomic E-state index is 13.2. The number of rotatable bonds is 9. The summed E-state index contributed by atoms with van der Waals surface area (Å²) in [5.74, 6) is 0.224. The third-order valence-corrected chi connectivity index (χ3v) is 6.82. The molecule has 0 saturated heterocycles. The third-order valence-electron chi connectivity index (χ3n) is 4.97. The van der Waals surface area contributed by atoms with E-state index in [0.29, 0.717) is 23.6 Å². The first kappa shape index (κ1) is 22.4. The van der Waals surface area contributed by atoms with E-state index in [-0.39, 0.29) is 40.7 Å². The molecule has 0 bridgehead atoms. The highest BCUT2D eigenvalue weighted by molar-refractivity contribution is 7.89. The van der Waals surface area contributed by atoms with Gasteiger partial charge in [-0.1, -0.05) is 36.7 Å². The Hall–Kier alpha value is -2.75. The molecule has 2 aromatic carbocycles. The molecule has 1 fully saturated rings. The zero-order chi connectivity index (χ0) is 22.7. The average molecular weight is 475 g/mol. The lowest BCUT2D eigenvalue weighted by Gasteiger charge is -2.20. The Bertz CT molecular complexity index is 1220. The number of carbonyl (C=O) groups excluding carboxylic acids is 1. The average Bonchev–Trinajstić information content (AvgIpc) is 3.47. The number of benzene rings is 2. The zero-order valence-corrected chi connectivity index (χ0v) is 19.1. The number of sulfonamides is 1. The second-order valence-corrected chi connectivity index (χ2v) is 9.75. The Kier molecular flexibility index (Phi) is 6.59. The smallest absolute Gasteiger partial charge is 0.254 e. The van der Waals surface area contributed by atoms with Gasteiger partial charge in [-0.25, -0.2) is 13.1 Å². The van der Waals surface area contributed by atoms with Gasteiger partial charge in [-0.15, -0.1) is 10.2 Å². The van der Waals surface area contributed by atoms with E-state index in [1.165, 1.54) is 12.1 Å². The first-order valence-electron chi connectivity index (χ1n) is 10.4. The molecule has 1 saturated carbocycles. The minimum atomic E-state index is -3.66. The van der Waals surface area contributed by atoms with Crippen molar-refractivity contribution in [1.29, 1.82) is 0 Å². The summed E-state index contributed by atoms with van der Waals surface area (Å²) in [7, 11) is -3.66. The highest BCUT2D eigenvalue weighted by atomic mass is 35.5. The van der Waals surface area contributed by atoms with Crippen LogP contribution in [0, 0.1) is 0 Å². The van der Waals surface area contributed by atoms with E-state index in [2.05, 4.69) is 14.9 Å². The largest absolute Gasteiger partial charge is 0.419 e. The van der Waals surface area contributed by atoms with E-state index in [9.17, 15) is 13.2 Å². The Morgan fingerprint density at radius 1 is 1.19 bits per heavy atom. The van der Waals surface area contributed by atoms with Gasteiger partial charge >= 0.3 is 0 Å². The lowest BCUT2D eigenvalue weighted by molar-refractivity contribution is 0.0728. The molecule has 0 unspecified atom stereocenters. The molecule has 0 atom stereocenters. The number of hydrogen-bond acceptors (Lipinski definition) is 6. The topological polar surface area (TPSA) is 105 Å². The number of carbonyl (C=O) groups is 1. The number of nitrogens with one attached hydrogen (secondary N) is 1. The Morgan fingerprint density at radius 3 is 2.69 bits per heavy atom. The molecule has 1 aliphatic rings. The summed E-state index contributed by atoms with van der Waals surface area (Å²) in [4.78, 5) is 14.8. The van der Waals surface area contributed by atoms with Gasteiger partial charge in [-0.2, -0.15) is 0 Å². The highest BCUT2D eigenvalue weighted by Gasteiger charge is 2.28. The fraction of sp³-hybridized carbons (Fsp3) is 0.318. The fourth-order valence-corrected chi connectivity index (χ4v) is 4.78. The molecule has 1 heterocycles. The van der Waals surface area contributed by atoms with E-state index in [0.717, 1.165) is 12.8 Å². The minimum absolute atomic E-state index is 0.0132. The first-order chi connectivity index (χ1) is 15.4. The normalized spacial score (nSPS) is 13.8. The van der Waals surface area contributed by atoms with E-state index in [1.807, 2.05) is 13.0 Å². The molecular weight excluding hydrogens is 452 g/mol. The highest BCUT2D eigenvalue weighted by Crippen LogP contribution is 2.27. The van der Waals surface area contributed by atoms with Crippen molar-refractivity contribution >= 4 is 27.5 Å². The van der Waals surface area contributed by atoms with Crippen molar-refractivity contribution in [2.45, 2.75) is 43.7 Å². The molecule has 1 aliphatic carbocycles. The molecule has 3 aromatic rings. The van der Waals surface area contributed by atoms with Gasteiger partial charge in [0.2, 0.25) is 21.8 Å². The molecule has 32 heavy (non-hydrogen) atoms. The molecule has 0 spiro atoms. The molecule has 0 aliphatic heterocycles. The number of amides is 1. The van der Waals surface area contributed by atoms with Crippen molar-refractivity contribution in [3.05, 3.63) is 65.0 Å². The summed E-state index contributed by atoms with van der Waals surface area (Å²) in [6, 6.07) is 13.2. The van der Waals surface area contributed by atoms with Crippen LogP contribution in [-0.2, 0) is 16.6 Å². The molecule has 1 N–H and O–H groups in total. The molecule has 1 aromatic heterocycles. The lowest BCUT2D eigenvalue weighted by Crippen LogP contribution is -2.32. The number of nitrogens with zero attached hydrogens (tertiary/aromatic N) is 3. The van der Waals surface area contributed by atoms with E-state index >= 15 is 0 Å². The first-order valence-corrected chi connectivity index (χ1v) is 12.2. The van der Waals surface area contributed by atoms with Gasteiger partial charge in [0.05, 0.1) is 22.0 Å². The quantitative estimate of drug-likeness (QED) is 0.504. The van der Waals surface area contributed by atoms with Gasteiger partial charge in [0.25, 0.3) is 5.91 Å². The second kappa shape index (κ2) is 9.40. The van der Waals surface area contributed by atoms with Crippen LogP contribution in [0.1, 0.15) is 42.4 Å². The molecule has 4 rings (SSSR count). The summed E-state index contributed by atoms with van der Waals surface area (Å²) in [5.41, 5.74) is 0.894. The standard InChI is InChI=1S/C22H23ClN4O4S/c1-2-12-27(14-20-24-25-21(31-20)18-8-3-4-9-19(18)23)22(28)15-6-5-7-17(13-15)32(29,30)26-16-10-11-16/h3-9,13,16,26H,2,10-12,14H2,1H3. The fourth-order valence-electron chi connectivity index (χ4n) is 3.21. The van der Waals surface area contributed by atoms with Crippen molar-refractivity contribution in [2.24, 2.45) is 0 Å². The van der Waals surface area contributed by atoms with Crippen LogP contribution in [-0.4, -0.2) is 42.0 Å². The van der Waals surface area contributed by atoms with Crippen LogP contribution in [0.2, 0.25) is 5.02 Å². The van der Waals surface area contributed by atoms with Crippen molar-refractivity contribution in [3.8, 4) is 11.5 Å². The predicted octanol–water partition coefficient (Wildman–Crippen LogP) is 3.88. The summed E-state index contributed by atoms with van der Waals surface area (Å²) >= 11 is 6.19. The number of halogens is 1. The Balaban J connectivity index is 1.54. The number of aromatic nitrogens is 2. The Labute approximate surface area is 191 Å². The van der Waals surface area contributed by atoms with Gasteiger partial charge in [0.15, 0.2) is 0 Å². The molecule has 0 radical (unpaired) electrons. The van der Waals surface area contributed by atoms with Crippen LogP contribution in [0.15, 0.2) is 57.8 Å². The van der Waals surface area contributed by atoms with Crippen molar-refractivity contribution in [1.82, 2.24) is 19.8 Å². The number of hydrogen-bond donors (Lipinski definition) is 1. The van der Waals surface area contributed by atoms with Crippen molar-refractivity contribution in [3.63, 3.8) is 0 Å².